The molecule has 0 radical (unpaired) electrons. The lowest BCUT2D eigenvalue weighted by Crippen LogP contribution is -2.32. The maximum Gasteiger partial charge on any atom is 0.309 e. The average Bonchev–Trinajstić information content (AvgIpc) is 2.29. The summed E-state index contributed by atoms with van der Waals surface area (Å²) in [6, 6.07) is 0. The van der Waals surface area contributed by atoms with E-state index in [1.165, 1.54) is 18.6 Å². The molecule has 1 aromatic heterocycles. The Hall–Kier alpha value is -1.98. The van der Waals surface area contributed by atoms with Crippen LogP contribution in [0.25, 0.3) is 0 Å². The number of nitrogens with one attached hydrogen (secondary N) is 1. The van der Waals surface area contributed by atoms with Crippen molar-refractivity contribution in [3.8, 4) is 0 Å². The molecule has 92 valence electrons. The minimum Gasteiger partial charge on any atom is -0.481 e. The van der Waals surface area contributed by atoms with Crippen LogP contribution in [-0.4, -0.2) is 33.5 Å². The Morgan fingerprint density at radius 3 is 2.65 bits per heavy atom. The summed E-state index contributed by atoms with van der Waals surface area (Å²) in [6.45, 7) is 3.52. The first-order valence-corrected chi connectivity index (χ1v) is 5.21. The Kier molecular flexibility index (Phi) is 4.14. The fraction of sp³-hybridized carbons (Fsp3) is 0.455. The first kappa shape index (κ1) is 13.1. The molecule has 0 aliphatic carbocycles. The fourth-order valence-electron chi connectivity index (χ4n) is 1.10. The molecule has 0 bridgehead atoms. The topological polar surface area (TPSA) is 92.2 Å². The van der Waals surface area contributed by atoms with Crippen LogP contribution in [0.1, 0.15) is 30.8 Å². The minimum absolute atomic E-state index is 0.223. The van der Waals surface area contributed by atoms with Gasteiger partial charge in [-0.25, -0.2) is 4.98 Å². The summed E-state index contributed by atoms with van der Waals surface area (Å²) in [7, 11) is 0. The predicted molar refractivity (Wildman–Crippen MR) is 60.4 cm³/mol. The normalized spacial score (nSPS) is 10.9. The smallest absolute Gasteiger partial charge is 0.309 e. The van der Waals surface area contributed by atoms with Gasteiger partial charge in [0.25, 0.3) is 5.91 Å². The predicted octanol–water partition coefficient (Wildman–Crippen LogP) is 0.707. The van der Waals surface area contributed by atoms with E-state index in [9.17, 15) is 9.59 Å². The van der Waals surface area contributed by atoms with E-state index in [1.807, 2.05) is 0 Å². The molecule has 1 aromatic rings. The second-order valence-corrected chi connectivity index (χ2v) is 4.29. The van der Waals surface area contributed by atoms with Gasteiger partial charge in [0.05, 0.1) is 11.6 Å². The van der Waals surface area contributed by atoms with Gasteiger partial charge < -0.3 is 10.4 Å². The number of carboxylic acid groups (broad SMARTS) is 1. The molecule has 1 amide bonds. The third-order valence-corrected chi connectivity index (χ3v) is 2.41. The lowest BCUT2D eigenvalue weighted by atomic mass is 9.90. The van der Waals surface area contributed by atoms with E-state index in [1.54, 1.807) is 13.8 Å². The van der Waals surface area contributed by atoms with E-state index < -0.39 is 11.4 Å². The van der Waals surface area contributed by atoms with Gasteiger partial charge in [-0.05, 0) is 20.3 Å². The van der Waals surface area contributed by atoms with Gasteiger partial charge in [0.2, 0.25) is 0 Å². The van der Waals surface area contributed by atoms with Gasteiger partial charge in [-0.2, -0.15) is 0 Å². The molecule has 0 aliphatic heterocycles. The van der Waals surface area contributed by atoms with Gasteiger partial charge in [-0.15, -0.1) is 0 Å². The van der Waals surface area contributed by atoms with Crippen molar-refractivity contribution >= 4 is 11.9 Å². The molecule has 0 unspecified atom stereocenters. The number of hydrogen-bond donors (Lipinski definition) is 2. The number of aromatic nitrogens is 2. The summed E-state index contributed by atoms with van der Waals surface area (Å²) in [5.74, 6) is -1.23. The van der Waals surface area contributed by atoms with Gasteiger partial charge in [-0.1, -0.05) is 0 Å². The second-order valence-electron chi connectivity index (χ2n) is 4.29. The molecule has 0 atom stereocenters. The highest BCUT2D eigenvalue weighted by Crippen LogP contribution is 2.19. The summed E-state index contributed by atoms with van der Waals surface area (Å²) in [5, 5.41) is 11.5. The first-order valence-electron chi connectivity index (χ1n) is 5.21. The Morgan fingerprint density at radius 2 is 2.12 bits per heavy atom. The highest BCUT2D eigenvalue weighted by molar-refractivity contribution is 5.91. The van der Waals surface area contributed by atoms with Gasteiger partial charge >= 0.3 is 5.97 Å². The van der Waals surface area contributed by atoms with Crippen molar-refractivity contribution in [3.05, 3.63) is 24.3 Å². The first-order chi connectivity index (χ1) is 7.93. The van der Waals surface area contributed by atoms with Crippen LogP contribution in [0.2, 0.25) is 0 Å². The lowest BCUT2D eigenvalue weighted by Gasteiger charge is -2.18. The monoisotopic (exact) mass is 237 g/mol. The van der Waals surface area contributed by atoms with Crippen LogP contribution in [0.3, 0.4) is 0 Å². The zero-order valence-electron chi connectivity index (χ0n) is 9.80. The quantitative estimate of drug-likeness (QED) is 0.786. The lowest BCUT2D eigenvalue weighted by molar-refractivity contribution is -0.147. The van der Waals surface area contributed by atoms with Crippen molar-refractivity contribution in [3.63, 3.8) is 0 Å². The molecule has 6 nitrogen and oxygen atoms in total. The Morgan fingerprint density at radius 1 is 1.41 bits per heavy atom. The molecule has 1 rings (SSSR count). The third-order valence-electron chi connectivity index (χ3n) is 2.41. The van der Waals surface area contributed by atoms with Crippen molar-refractivity contribution < 1.29 is 14.7 Å². The van der Waals surface area contributed by atoms with Gasteiger partial charge in [-0.3, -0.25) is 14.6 Å². The molecule has 0 aliphatic rings. The number of hydrogen-bond acceptors (Lipinski definition) is 4. The van der Waals surface area contributed by atoms with E-state index in [0.29, 0.717) is 6.42 Å². The summed E-state index contributed by atoms with van der Waals surface area (Å²) < 4.78 is 0. The highest BCUT2D eigenvalue weighted by atomic mass is 16.4. The molecule has 0 aromatic carbocycles. The molecule has 0 saturated heterocycles. The SMILES string of the molecule is CC(C)(CCNC(=O)c1cnccn1)C(=O)O. The zero-order valence-corrected chi connectivity index (χ0v) is 9.80. The number of nitrogens with zero attached hydrogens (tertiary/aromatic N) is 2. The van der Waals surface area contributed by atoms with Crippen molar-refractivity contribution in [2.24, 2.45) is 5.41 Å². The number of carbonyl (C=O) groups is 2. The van der Waals surface area contributed by atoms with Crippen LogP contribution in [0, 0.1) is 5.41 Å². The van der Waals surface area contributed by atoms with E-state index in [0.717, 1.165) is 0 Å². The number of carbonyl (C=O) groups excluding carboxylic acids is 1. The summed E-state index contributed by atoms with van der Waals surface area (Å²) in [5.41, 5.74) is -0.629. The van der Waals surface area contributed by atoms with E-state index in [4.69, 9.17) is 5.11 Å². The standard InChI is InChI=1S/C11H15N3O3/c1-11(2,10(16)17)3-4-14-9(15)8-7-12-5-6-13-8/h5-7H,3-4H2,1-2H3,(H,14,15)(H,16,17). The number of rotatable bonds is 5. The van der Waals surface area contributed by atoms with Crippen LogP contribution in [0.5, 0.6) is 0 Å². The largest absolute Gasteiger partial charge is 0.481 e. The minimum atomic E-state index is -0.883. The van der Waals surface area contributed by atoms with Crippen molar-refractivity contribution in [2.45, 2.75) is 20.3 Å². The fourth-order valence-corrected chi connectivity index (χ4v) is 1.10. The van der Waals surface area contributed by atoms with E-state index in [-0.39, 0.29) is 18.1 Å². The molecule has 6 heteroatoms. The van der Waals surface area contributed by atoms with Gasteiger partial charge in [0.15, 0.2) is 0 Å². The van der Waals surface area contributed by atoms with E-state index >= 15 is 0 Å². The van der Waals surface area contributed by atoms with Crippen molar-refractivity contribution in [1.29, 1.82) is 0 Å². The molecule has 17 heavy (non-hydrogen) atoms. The molecular weight excluding hydrogens is 222 g/mol. The van der Waals surface area contributed by atoms with Crippen LogP contribution in [0.15, 0.2) is 18.6 Å². The Balaban J connectivity index is 2.43. The number of carboxylic acids is 1. The number of aliphatic carboxylic acids is 1. The number of amides is 1. The summed E-state index contributed by atoms with van der Waals surface area (Å²) in [4.78, 5) is 30.0. The molecule has 0 saturated carbocycles. The summed E-state index contributed by atoms with van der Waals surface area (Å²) in [6.07, 6.45) is 4.62. The second kappa shape index (κ2) is 5.38. The average molecular weight is 237 g/mol. The van der Waals surface area contributed by atoms with Crippen molar-refractivity contribution in [2.75, 3.05) is 6.54 Å². The third kappa shape index (κ3) is 3.82. The maximum atomic E-state index is 11.5. The maximum absolute atomic E-state index is 11.5. The van der Waals surface area contributed by atoms with Crippen molar-refractivity contribution in [1.82, 2.24) is 15.3 Å². The molecular formula is C11H15N3O3. The van der Waals surface area contributed by atoms with Crippen LogP contribution < -0.4 is 5.32 Å². The highest BCUT2D eigenvalue weighted by Gasteiger charge is 2.26. The Labute approximate surface area is 99.1 Å². The molecule has 1 heterocycles. The van der Waals surface area contributed by atoms with Gasteiger partial charge in [0.1, 0.15) is 5.69 Å². The Bertz CT molecular complexity index is 404. The van der Waals surface area contributed by atoms with Gasteiger partial charge in [0, 0.05) is 18.9 Å². The molecule has 0 fully saturated rings. The molecule has 2 N–H and O–H groups in total. The van der Waals surface area contributed by atoms with E-state index in [2.05, 4.69) is 15.3 Å². The van der Waals surface area contributed by atoms with Crippen LogP contribution in [0.4, 0.5) is 0 Å². The zero-order chi connectivity index (χ0) is 12.9. The van der Waals surface area contributed by atoms with Crippen LogP contribution in [-0.2, 0) is 4.79 Å². The van der Waals surface area contributed by atoms with Crippen LogP contribution >= 0.6 is 0 Å². The molecule has 0 spiro atoms. The summed E-state index contributed by atoms with van der Waals surface area (Å²) >= 11 is 0.